The zero-order valence-corrected chi connectivity index (χ0v) is 7.33. The Kier molecular flexibility index (Phi) is 1.88. The van der Waals surface area contributed by atoms with Crippen LogP contribution in [0.4, 0.5) is 0 Å². The number of carbonyl (C=O) groups is 1. The largest absolute Gasteiger partial charge is 0.481 e. The van der Waals surface area contributed by atoms with Crippen molar-refractivity contribution in [1.82, 2.24) is 10.3 Å². The predicted octanol–water partition coefficient (Wildman–Crippen LogP) is 0.376. The quantitative estimate of drug-likeness (QED) is 0.676. The normalized spacial score (nSPS) is 14.7. The van der Waals surface area contributed by atoms with E-state index in [1.807, 2.05) is 6.07 Å². The highest BCUT2D eigenvalue weighted by Crippen LogP contribution is 2.17. The van der Waals surface area contributed by atoms with E-state index in [4.69, 9.17) is 4.74 Å². The summed E-state index contributed by atoms with van der Waals surface area (Å²) in [6, 6.07) is 1.81. The second kappa shape index (κ2) is 3.05. The van der Waals surface area contributed by atoms with Crippen LogP contribution in [0.5, 0.6) is 5.88 Å². The van der Waals surface area contributed by atoms with Gasteiger partial charge in [-0.1, -0.05) is 0 Å². The maximum absolute atomic E-state index is 11.3. The number of nitrogens with zero attached hydrogens (tertiary/aromatic N) is 1. The van der Waals surface area contributed by atoms with Crippen molar-refractivity contribution in [2.24, 2.45) is 0 Å². The first-order chi connectivity index (χ1) is 6.31. The average Bonchev–Trinajstić information content (AvgIpc) is 2.18. The van der Waals surface area contributed by atoms with Crippen molar-refractivity contribution in [2.75, 3.05) is 13.7 Å². The van der Waals surface area contributed by atoms with Gasteiger partial charge in [0.1, 0.15) is 0 Å². The van der Waals surface area contributed by atoms with Crippen LogP contribution in [0.3, 0.4) is 0 Å². The van der Waals surface area contributed by atoms with Gasteiger partial charge in [-0.15, -0.1) is 0 Å². The molecule has 0 unspecified atom stereocenters. The number of aromatic nitrogens is 1. The molecule has 0 saturated heterocycles. The summed E-state index contributed by atoms with van der Waals surface area (Å²) >= 11 is 0. The lowest BCUT2D eigenvalue weighted by Gasteiger charge is -2.15. The van der Waals surface area contributed by atoms with E-state index in [0.29, 0.717) is 18.0 Å². The minimum absolute atomic E-state index is 0.0450. The summed E-state index contributed by atoms with van der Waals surface area (Å²) in [5, 5.41) is 2.76. The molecule has 68 valence electrons. The van der Waals surface area contributed by atoms with E-state index in [2.05, 4.69) is 10.3 Å². The molecule has 2 heterocycles. The fourth-order valence-corrected chi connectivity index (χ4v) is 1.40. The summed E-state index contributed by atoms with van der Waals surface area (Å²) in [6.07, 6.45) is 2.41. The molecule has 1 aromatic heterocycles. The molecule has 4 nitrogen and oxygen atoms in total. The molecule has 0 radical (unpaired) electrons. The number of hydrogen-bond donors (Lipinski definition) is 1. The van der Waals surface area contributed by atoms with Crippen LogP contribution in [-0.2, 0) is 6.42 Å². The summed E-state index contributed by atoms with van der Waals surface area (Å²) in [5.74, 6) is 0.518. The third-order valence-corrected chi connectivity index (χ3v) is 2.10. The Labute approximate surface area is 75.9 Å². The van der Waals surface area contributed by atoms with Gasteiger partial charge in [-0.05, 0) is 12.0 Å². The Balaban J connectivity index is 2.45. The number of nitrogens with one attached hydrogen (secondary N) is 1. The zero-order chi connectivity index (χ0) is 9.26. The number of pyridine rings is 1. The van der Waals surface area contributed by atoms with Gasteiger partial charge in [-0.25, -0.2) is 4.98 Å². The van der Waals surface area contributed by atoms with Crippen LogP contribution in [0.25, 0.3) is 0 Å². The lowest BCUT2D eigenvalue weighted by molar-refractivity contribution is 0.0945. The number of fused-ring (bicyclic) bond motifs is 1. The molecule has 1 amide bonds. The maximum atomic E-state index is 11.3. The molecule has 0 saturated carbocycles. The summed E-state index contributed by atoms with van der Waals surface area (Å²) in [7, 11) is 1.57. The SMILES string of the molecule is COc1cc2c(cn1)C(=O)NCC2. The van der Waals surface area contributed by atoms with Gasteiger partial charge in [0.25, 0.3) is 5.91 Å². The molecule has 1 N–H and O–H groups in total. The van der Waals surface area contributed by atoms with Crippen molar-refractivity contribution < 1.29 is 9.53 Å². The summed E-state index contributed by atoms with van der Waals surface area (Å²) in [6.45, 7) is 0.693. The van der Waals surface area contributed by atoms with E-state index in [0.717, 1.165) is 12.0 Å². The molecule has 0 spiro atoms. The topological polar surface area (TPSA) is 51.2 Å². The highest BCUT2D eigenvalue weighted by Gasteiger charge is 2.17. The number of methoxy groups -OCH3 is 1. The maximum Gasteiger partial charge on any atom is 0.253 e. The van der Waals surface area contributed by atoms with Crippen molar-refractivity contribution in [3.8, 4) is 5.88 Å². The molecule has 0 fully saturated rings. The summed E-state index contributed by atoms with van der Waals surface area (Å²) in [5.41, 5.74) is 1.67. The number of hydrogen-bond acceptors (Lipinski definition) is 3. The molecule has 0 aliphatic carbocycles. The molecule has 13 heavy (non-hydrogen) atoms. The van der Waals surface area contributed by atoms with Gasteiger partial charge in [-0.3, -0.25) is 4.79 Å². The first-order valence-corrected chi connectivity index (χ1v) is 4.12. The molecule has 0 aromatic carbocycles. The standard InChI is InChI=1S/C9H10N2O2/c1-13-8-4-6-2-3-10-9(12)7(6)5-11-8/h4-5H,2-3H2,1H3,(H,10,12). The lowest BCUT2D eigenvalue weighted by atomic mass is 10.0. The van der Waals surface area contributed by atoms with E-state index in [9.17, 15) is 4.79 Å². The van der Waals surface area contributed by atoms with E-state index in [1.54, 1.807) is 13.3 Å². The Bertz CT molecular complexity index is 349. The van der Waals surface area contributed by atoms with E-state index < -0.39 is 0 Å². The minimum atomic E-state index is -0.0450. The van der Waals surface area contributed by atoms with E-state index >= 15 is 0 Å². The molecule has 0 atom stereocenters. The van der Waals surface area contributed by atoms with Gasteiger partial charge < -0.3 is 10.1 Å². The van der Waals surface area contributed by atoms with Crippen LogP contribution in [0.1, 0.15) is 15.9 Å². The molecular weight excluding hydrogens is 168 g/mol. The first kappa shape index (κ1) is 8.04. The lowest BCUT2D eigenvalue weighted by Crippen LogP contribution is -2.31. The van der Waals surface area contributed by atoms with Crippen LogP contribution < -0.4 is 10.1 Å². The molecular formula is C9H10N2O2. The molecule has 1 aromatic rings. The van der Waals surface area contributed by atoms with Crippen LogP contribution in [-0.4, -0.2) is 24.5 Å². The van der Waals surface area contributed by atoms with E-state index in [1.165, 1.54) is 0 Å². The van der Waals surface area contributed by atoms with Gasteiger partial charge in [0.2, 0.25) is 5.88 Å². The molecule has 1 aliphatic rings. The van der Waals surface area contributed by atoms with Crippen molar-refractivity contribution in [3.63, 3.8) is 0 Å². The van der Waals surface area contributed by atoms with Crippen LogP contribution in [0.2, 0.25) is 0 Å². The fourth-order valence-electron chi connectivity index (χ4n) is 1.40. The smallest absolute Gasteiger partial charge is 0.253 e. The second-order valence-electron chi connectivity index (χ2n) is 2.89. The third-order valence-electron chi connectivity index (χ3n) is 2.10. The number of rotatable bonds is 1. The first-order valence-electron chi connectivity index (χ1n) is 4.12. The minimum Gasteiger partial charge on any atom is -0.481 e. The molecule has 1 aliphatic heterocycles. The highest BCUT2D eigenvalue weighted by molar-refractivity contribution is 5.96. The number of carbonyl (C=O) groups excluding carboxylic acids is 1. The van der Waals surface area contributed by atoms with Crippen LogP contribution in [0, 0.1) is 0 Å². The van der Waals surface area contributed by atoms with Gasteiger partial charge in [0, 0.05) is 18.8 Å². The predicted molar refractivity (Wildman–Crippen MR) is 46.8 cm³/mol. The molecule has 4 heteroatoms. The van der Waals surface area contributed by atoms with Crippen molar-refractivity contribution >= 4 is 5.91 Å². The van der Waals surface area contributed by atoms with Gasteiger partial charge in [-0.2, -0.15) is 0 Å². The summed E-state index contributed by atoms with van der Waals surface area (Å²) in [4.78, 5) is 15.3. The number of ether oxygens (including phenoxy) is 1. The third kappa shape index (κ3) is 1.35. The average molecular weight is 178 g/mol. The summed E-state index contributed by atoms with van der Waals surface area (Å²) < 4.78 is 4.97. The Morgan fingerprint density at radius 2 is 2.46 bits per heavy atom. The highest BCUT2D eigenvalue weighted by atomic mass is 16.5. The Morgan fingerprint density at radius 3 is 3.23 bits per heavy atom. The van der Waals surface area contributed by atoms with Gasteiger partial charge in [0.15, 0.2) is 0 Å². The monoisotopic (exact) mass is 178 g/mol. The van der Waals surface area contributed by atoms with Crippen molar-refractivity contribution in [1.29, 1.82) is 0 Å². The van der Waals surface area contributed by atoms with Crippen LogP contribution >= 0.6 is 0 Å². The second-order valence-corrected chi connectivity index (χ2v) is 2.89. The fraction of sp³-hybridized carbons (Fsp3) is 0.333. The van der Waals surface area contributed by atoms with Crippen LogP contribution in [0.15, 0.2) is 12.3 Å². The van der Waals surface area contributed by atoms with E-state index in [-0.39, 0.29) is 5.91 Å². The molecule has 0 bridgehead atoms. The number of amides is 1. The molecule has 2 rings (SSSR count). The zero-order valence-electron chi connectivity index (χ0n) is 7.33. The van der Waals surface area contributed by atoms with Gasteiger partial charge >= 0.3 is 0 Å². The Hall–Kier alpha value is -1.58. The van der Waals surface area contributed by atoms with Gasteiger partial charge in [0.05, 0.1) is 12.7 Å². The van der Waals surface area contributed by atoms with Crippen molar-refractivity contribution in [2.45, 2.75) is 6.42 Å². The Morgan fingerprint density at radius 1 is 1.62 bits per heavy atom. The van der Waals surface area contributed by atoms with Crippen molar-refractivity contribution in [3.05, 3.63) is 23.4 Å².